The number of hydrogen-bond donors (Lipinski definition) is 1. The van der Waals surface area contributed by atoms with Gasteiger partial charge in [-0.2, -0.15) is 0 Å². The highest BCUT2D eigenvalue weighted by Gasteiger charge is 2.14. The van der Waals surface area contributed by atoms with Crippen LogP contribution in [0.4, 0.5) is 0 Å². The van der Waals surface area contributed by atoms with Gasteiger partial charge in [0.25, 0.3) is 0 Å². The van der Waals surface area contributed by atoms with Crippen molar-refractivity contribution in [3.05, 3.63) is 0 Å². The summed E-state index contributed by atoms with van der Waals surface area (Å²) in [6.45, 7) is 1.54. The summed E-state index contributed by atoms with van der Waals surface area (Å²) in [5, 5.41) is 0. The Balaban J connectivity index is 3.65. The summed E-state index contributed by atoms with van der Waals surface area (Å²) in [7, 11) is -0.377. The topological polar surface area (TPSA) is 65.0 Å². The minimum atomic E-state index is -3.39. The minimum absolute atomic E-state index is 0.0641. The summed E-state index contributed by atoms with van der Waals surface area (Å²) in [4.78, 5) is 8.77. The van der Waals surface area contributed by atoms with E-state index in [0.717, 1.165) is 6.66 Å². The zero-order valence-electron chi connectivity index (χ0n) is 7.52. The molecule has 6 heteroatoms. The second-order valence-corrected chi connectivity index (χ2v) is 4.28. The third kappa shape index (κ3) is 6.76. The molecule has 1 unspecified atom stereocenters. The van der Waals surface area contributed by atoms with Crippen molar-refractivity contribution in [3.8, 4) is 0 Å². The molecule has 12 heavy (non-hydrogen) atoms. The molecular formula is C6H15O5P. The van der Waals surface area contributed by atoms with Gasteiger partial charge >= 0.3 is 7.60 Å². The lowest BCUT2D eigenvalue weighted by Crippen LogP contribution is -2.22. The Hall–Kier alpha value is 0.0700. The zero-order chi connectivity index (χ0) is 9.61. The molecule has 0 spiro atoms. The molecule has 1 N–H and O–H groups in total. The van der Waals surface area contributed by atoms with E-state index in [1.165, 1.54) is 14.2 Å². The van der Waals surface area contributed by atoms with Crippen molar-refractivity contribution in [3.63, 3.8) is 0 Å². The van der Waals surface area contributed by atoms with Crippen molar-refractivity contribution in [2.45, 2.75) is 6.10 Å². The Morgan fingerprint density at radius 2 is 2.00 bits per heavy atom. The Labute approximate surface area is 72.2 Å². The molecule has 5 nitrogen and oxygen atoms in total. The van der Waals surface area contributed by atoms with Crippen LogP contribution in [0.3, 0.4) is 0 Å². The van der Waals surface area contributed by atoms with Crippen molar-refractivity contribution in [1.29, 1.82) is 0 Å². The fraction of sp³-hybridized carbons (Fsp3) is 1.00. The van der Waals surface area contributed by atoms with E-state index < -0.39 is 7.60 Å². The molecule has 0 aromatic carbocycles. The maximum absolute atomic E-state index is 10.7. The summed E-state index contributed by atoms with van der Waals surface area (Å²) in [5.41, 5.74) is 0. The molecule has 2 atom stereocenters. The number of methoxy groups -OCH3 is 2. The van der Waals surface area contributed by atoms with Crippen LogP contribution in [-0.4, -0.2) is 45.1 Å². The Morgan fingerprint density at radius 1 is 1.42 bits per heavy atom. The highest BCUT2D eigenvalue weighted by atomic mass is 31.2. The van der Waals surface area contributed by atoms with Gasteiger partial charge in [-0.05, 0) is 0 Å². The van der Waals surface area contributed by atoms with Crippen LogP contribution in [0.1, 0.15) is 0 Å². The van der Waals surface area contributed by atoms with E-state index in [1.54, 1.807) is 0 Å². The lowest BCUT2D eigenvalue weighted by molar-refractivity contribution is -0.000964. The summed E-state index contributed by atoms with van der Waals surface area (Å²) in [6.07, 6.45) is -0.296. The Bertz CT molecular complexity index is 154. The van der Waals surface area contributed by atoms with Gasteiger partial charge in [0.1, 0.15) is 6.10 Å². The van der Waals surface area contributed by atoms with E-state index in [1.807, 2.05) is 0 Å². The molecule has 0 aliphatic rings. The molecule has 0 aliphatic heterocycles. The average molecular weight is 198 g/mol. The first-order chi connectivity index (χ1) is 5.49. The van der Waals surface area contributed by atoms with Crippen molar-refractivity contribution in [2.75, 3.05) is 34.1 Å². The summed E-state index contributed by atoms with van der Waals surface area (Å²) < 4.78 is 25.0. The van der Waals surface area contributed by atoms with Crippen molar-refractivity contribution in [1.82, 2.24) is 0 Å². The number of ether oxygens (including phenoxy) is 2. The second-order valence-electron chi connectivity index (χ2n) is 2.41. The molecule has 0 aromatic rings. The minimum Gasteiger partial charge on any atom is -0.382 e. The van der Waals surface area contributed by atoms with E-state index in [-0.39, 0.29) is 12.7 Å². The van der Waals surface area contributed by atoms with Crippen LogP contribution < -0.4 is 0 Å². The van der Waals surface area contributed by atoms with E-state index in [4.69, 9.17) is 14.4 Å². The molecule has 0 saturated heterocycles. The highest BCUT2D eigenvalue weighted by Crippen LogP contribution is 2.36. The fourth-order valence-electron chi connectivity index (χ4n) is 0.592. The third-order valence-corrected chi connectivity index (χ3v) is 1.81. The molecule has 0 heterocycles. The van der Waals surface area contributed by atoms with Crippen LogP contribution in [0.15, 0.2) is 0 Å². The number of hydrogen-bond acceptors (Lipinski definition) is 4. The first-order valence-electron chi connectivity index (χ1n) is 3.46. The second kappa shape index (κ2) is 5.67. The van der Waals surface area contributed by atoms with Gasteiger partial charge in [0.15, 0.2) is 0 Å². The summed E-state index contributed by atoms with van der Waals surface area (Å²) in [6, 6.07) is 0. The average Bonchev–Trinajstić information content (AvgIpc) is 1.96. The SMILES string of the molecule is COC[C@H](COP(C)(=O)O)OC. The van der Waals surface area contributed by atoms with Gasteiger partial charge in [-0.3, -0.25) is 4.57 Å². The summed E-state index contributed by atoms with van der Waals surface area (Å²) in [5.74, 6) is 0. The van der Waals surface area contributed by atoms with Crippen LogP contribution in [0, 0.1) is 0 Å². The molecule has 74 valence electrons. The van der Waals surface area contributed by atoms with Crippen molar-refractivity contribution in [2.24, 2.45) is 0 Å². The zero-order valence-corrected chi connectivity index (χ0v) is 8.41. The third-order valence-electron chi connectivity index (χ3n) is 1.19. The molecule has 0 rings (SSSR count). The van der Waals surface area contributed by atoms with Gasteiger partial charge in [0.05, 0.1) is 13.2 Å². The molecule has 0 fully saturated rings. The van der Waals surface area contributed by atoms with Gasteiger partial charge in [-0.15, -0.1) is 0 Å². The maximum Gasteiger partial charge on any atom is 0.325 e. The lowest BCUT2D eigenvalue weighted by Gasteiger charge is -2.15. The number of rotatable bonds is 6. The van der Waals surface area contributed by atoms with E-state index in [9.17, 15) is 4.57 Å². The molecule has 0 radical (unpaired) electrons. The van der Waals surface area contributed by atoms with Gasteiger partial charge in [-0.25, -0.2) is 0 Å². The van der Waals surface area contributed by atoms with E-state index >= 15 is 0 Å². The van der Waals surface area contributed by atoms with Crippen LogP contribution in [0.2, 0.25) is 0 Å². The Morgan fingerprint density at radius 3 is 2.33 bits per heavy atom. The predicted octanol–water partition coefficient (Wildman–Crippen LogP) is 0.480. The molecule has 0 saturated carbocycles. The van der Waals surface area contributed by atoms with Gasteiger partial charge < -0.3 is 18.9 Å². The van der Waals surface area contributed by atoms with E-state index in [0.29, 0.717) is 6.61 Å². The fourth-order valence-corrected chi connectivity index (χ4v) is 1.03. The van der Waals surface area contributed by atoms with Crippen LogP contribution in [0.5, 0.6) is 0 Å². The summed E-state index contributed by atoms with van der Waals surface area (Å²) >= 11 is 0. The maximum atomic E-state index is 10.7. The molecule has 0 aliphatic carbocycles. The van der Waals surface area contributed by atoms with Crippen LogP contribution >= 0.6 is 7.60 Å². The molecule has 0 aromatic heterocycles. The smallest absolute Gasteiger partial charge is 0.325 e. The quantitative estimate of drug-likeness (QED) is 0.629. The van der Waals surface area contributed by atoms with Gasteiger partial charge in [0, 0.05) is 20.9 Å². The Kier molecular flexibility index (Phi) is 5.70. The van der Waals surface area contributed by atoms with Crippen molar-refractivity contribution < 1.29 is 23.5 Å². The standard InChI is InChI=1S/C6H15O5P/c1-9-4-6(10-2)5-11-12(3,7)8/h6H,4-5H2,1-3H3,(H,7,8)/t6-/m1/s1. The monoisotopic (exact) mass is 198 g/mol. The first-order valence-corrected chi connectivity index (χ1v) is 5.48. The largest absolute Gasteiger partial charge is 0.382 e. The van der Waals surface area contributed by atoms with Crippen molar-refractivity contribution >= 4 is 7.60 Å². The lowest BCUT2D eigenvalue weighted by atomic mass is 10.4. The normalized spacial score (nSPS) is 18.7. The highest BCUT2D eigenvalue weighted by molar-refractivity contribution is 7.51. The van der Waals surface area contributed by atoms with Crippen LogP contribution in [-0.2, 0) is 18.6 Å². The van der Waals surface area contributed by atoms with Gasteiger partial charge in [0.2, 0.25) is 0 Å². The predicted molar refractivity (Wildman–Crippen MR) is 44.4 cm³/mol. The van der Waals surface area contributed by atoms with Gasteiger partial charge in [-0.1, -0.05) is 0 Å². The van der Waals surface area contributed by atoms with Crippen LogP contribution in [0.25, 0.3) is 0 Å². The molecule has 0 amide bonds. The molecule has 0 bridgehead atoms. The van der Waals surface area contributed by atoms with E-state index in [2.05, 4.69) is 4.52 Å². The molecular weight excluding hydrogens is 183 g/mol. The first kappa shape index (κ1) is 12.1.